The van der Waals surface area contributed by atoms with E-state index in [0.717, 1.165) is 75.4 Å². The molecule has 1 aromatic rings. The number of carbonyl (C=O) groups excluding carboxylic acids is 1. The molecule has 2 fully saturated rings. The van der Waals surface area contributed by atoms with Crippen molar-refractivity contribution >= 4 is 34.1 Å². The number of likely N-dealkylation sites (N-methyl/N-ethyl adjacent to an activating group) is 1. The van der Waals surface area contributed by atoms with Crippen molar-refractivity contribution < 1.29 is 9.53 Å². The number of aliphatic imine (C=N–C) groups is 1. The maximum absolute atomic E-state index is 12.6. The van der Waals surface area contributed by atoms with E-state index in [4.69, 9.17) is 21.9 Å². The average Bonchev–Trinajstić information content (AvgIpc) is 2.97. The molecule has 2 saturated heterocycles. The smallest absolute Gasteiger partial charge is 0.272 e. The first-order valence-corrected chi connectivity index (χ1v) is 14.5. The zero-order valence-electron chi connectivity index (χ0n) is 24.8. The van der Waals surface area contributed by atoms with Gasteiger partial charge in [-0.1, -0.05) is 36.2 Å². The molecule has 1 amide bonds. The SMILES string of the molecule is CC/C(C)=C(CC)/C(Cl)=N/C(Nc1ccc(N2CCC(N3CCN(C)CC3)CC2)cc1OC)=C(\C)C(=O)NN=N. The van der Waals surface area contributed by atoms with Crippen molar-refractivity contribution in [2.24, 2.45) is 10.2 Å². The molecule has 10 nitrogen and oxygen atoms in total. The van der Waals surface area contributed by atoms with Crippen LogP contribution >= 0.6 is 11.6 Å². The van der Waals surface area contributed by atoms with Gasteiger partial charge in [-0.15, -0.1) is 0 Å². The number of nitrogens with one attached hydrogen (secondary N) is 3. The molecule has 0 spiro atoms. The second-order valence-electron chi connectivity index (χ2n) is 10.5. The number of allylic oxidation sites excluding steroid dienone is 2. The first-order valence-electron chi connectivity index (χ1n) is 14.2. The minimum atomic E-state index is -0.543. The van der Waals surface area contributed by atoms with Crippen molar-refractivity contribution in [1.82, 2.24) is 15.2 Å². The van der Waals surface area contributed by atoms with Gasteiger partial charge >= 0.3 is 0 Å². The summed E-state index contributed by atoms with van der Waals surface area (Å²) in [7, 11) is 3.83. The number of hydrogen-bond acceptors (Lipinski definition) is 9. The van der Waals surface area contributed by atoms with Gasteiger partial charge in [-0.3, -0.25) is 9.69 Å². The molecule has 220 valence electrons. The second-order valence-corrected chi connectivity index (χ2v) is 10.8. The lowest BCUT2D eigenvalue weighted by Gasteiger charge is -2.42. The van der Waals surface area contributed by atoms with E-state index in [0.29, 0.717) is 29.1 Å². The summed E-state index contributed by atoms with van der Waals surface area (Å²) in [4.78, 5) is 24.6. The number of benzene rings is 1. The molecule has 0 atom stereocenters. The summed E-state index contributed by atoms with van der Waals surface area (Å²) in [6.45, 7) is 14.3. The Labute approximate surface area is 243 Å². The molecular formula is C29H45ClN8O2. The molecule has 0 radical (unpaired) electrons. The molecule has 0 aliphatic carbocycles. The molecule has 11 heteroatoms. The van der Waals surface area contributed by atoms with Gasteiger partial charge in [0.1, 0.15) is 16.7 Å². The predicted molar refractivity (Wildman–Crippen MR) is 163 cm³/mol. The highest BCUT2D eigenvalue weighted by molar-refractivity contribution is 6.69. The molecule has 3 rings (SSSR count). The lowest BCUT2D eigenvalue weighted by Crippen LogP contribution is -2.52. The Kier molecular flexibility index (Phi) is 12.0. The number of piperazine rings is 1. The minimum Gasteiger partial charge on any atom is -0.494 e. The van der Waals surface area contributed by atoms with Crippen LogP contribution in [0.15, 0.2) is 51.0 Å². The van der Waals surface area contributed by atoms with Gasteiger partial charge in [0, 0.05) is 57.1 Å². The van der Waals surface area contributed by atoms with Gasteiger partial charge < -0.3 is 19.9 Å². The number of ether oxygens (including phenoxy) is 1. The third kappa shape index (κ3) is 8.05. The number of hydrogen-bond donors (Lipinski definition) is 3. The summed E-state index contributed by atoms with van der Waals surface area (Å²) in [5, 5.41) is 6.59. The molecule has 3 N–H and O–H groups in total. The zero-order chi connectivity index (χ0) is 29.2. The first-order chi connectivity index (χ1) is 19.2. The van der Waals surface area contributed by atoms with Crippen LogP contribution in [-0.2, 0) is 4.79 Å². The molecule has 0 aromatic heterocycles. The van der Waals surface area contributed by atoms with Crippen molar-refractivity contribution in [3.05, 3.63) is 40.7 Å². The molecule has 1 aromatic carbocycles. The lowest BCUT2D eigenvalue weighted by atomic mass is 10.0. The molecule has 0 unspecified atom stereocenters. The van der Waals surface area contributed by atoms with Crippen LogP contribution in [0.1, 0.15) is 53.4 Å². The van der Waals surface area contributed by atoms with Crippen molar-refractivity contribution in [2.45, 2.75) is 59.4 Å². The van der Waals surface area contributed by atoms with E-state index in [9.17, 15) is 4.79 Å². The summed E-state index contributed by atoms with van der Waals surface area (Å²) < 4.78 is 5.76. The Morgan fingerprint density at radius 3 is 2.35 bits per heavy atom. The number of rotatable bonds is 11. The van der Waals surface area contributed by atoms with Gasteiger partial charge in [0.15, 0.2) is 0 Å². The number of carbonyl (C=O) groups is 1. The number of anilines is 2. The van der Waals surface area contributed by atoms with Crippen LogP contribution in [0.5, 0.6) is 5.75 Å². The van der Waals surface area contributed by atoms with E-state index in [1.165, 1.54) is 0 Å². The minimum absolute atomic E-state index is 0.246. The maximum Gasteiger partial charge on any atom is 0.272 e. The first kappa shape index (κ1) is 31.6. The Hall–Kier alpha value is -2.95. The van der Waals surface area contributed by atoms with Crippen molar-refractivity contribution in [2.75, 3.05) is 63.6 Å². The van der Waals surface area contributed by atoms with E-state index >= 15 is 0 Å². The lowest BCUT2D eigenvalue weighted by molar-refractivity contribution is -0.117. The fraction of sp³-hybridized carbons (Fsp3) is 0.586. The number of piperidine rings is 1. The maximum atomic E-state index is 12.6. The van der Waals surface area contributed by atoms with Crippen LogP contribution in [-0.4, -0.2) is 80.3 Å². The van der Waals surface area contributed by atoms with Gasteiger partial charge in [0.25, 0.3) is 5.91 Å². The van der Waals surface area contributed by atoms with Crippen molar-refractivity contribution in [1.29, 1.82) is 5.53 Å². The zero-order valence-corrected chi connectivity index (χ0v) is 25.6. The van der Waals surface area contributed by atoms with Crippen LogP contribution < -0.4 is 20.4 Å². The van der Waals surface area contributed by atoms with Gasteiger partial charge in [-0.25, -0.2) is 10.4 Å². The topological polar surface area (TPSA) is 109 Å². The monoisotopic (exact) mass is 572 g/mol. The molecule has 2 aliphatic heterocycles. The Balaban J connectivity index is 1.82. The van der Waals surface area contributed by atoms with Crippen LogP contribution in [0, 0.1) is 5.53 Å². The van der Waals surface area contributed by atoms with Crippen LogP contribution in [0.4, 0.5) is 11.4 Å². The van der Waals surface area contributed by atoms with E-state index in [-0.39, 0.29) is 11.4 Å². The normalized spacial score (nSPS) is 19.1. The molecule has 2 heterocycles. The Morgan fingerprint density at radius 2 is 1.77 bits per heavy atom. The fourth-order valence-electron chi connectivity index (χ4n) is 5.23. The van der Waals surface area contributed by atoms with Crippen LogP contribution in [0.3, 0.4) is 0 Å². The molecule has 2 aliphatic rings. The third-order valence-electron chi connectivity index (χ3n) is 8.03. The van der Waals surface area contributed by atoms with E-state index < -0.39 is 5.91 Å². The highest BCUT2D eigenvalue weighted by atomic mass is 35.5. The van der Waals surface area contributed by atoms with Crippen molar-refractivity contribution in [3.8, 4) is 5.75 Å². The van der Waals surface area contributed by atoms with Gasteiger partial charge in [-0.2, -0.15) is 5.53 Å². The molecule has 40 heavy (non-hydrogen) atoms. The van der Waals surface area contributed by atoms with E-state index in [1.54, 1.807) is 14.0 Å². The average molecular weight is 573 g/mol. The highest BCUT2D eigenvalue weighted by Gasteiger charge is 2.27. The number of amides is 1. The summed E-state index contributed by atoms with van der Waals surface area (Å²) in [6.07, 6.45) is 3.85. The second kappa shape index (κ2) is 15.2. The van der Waals surface area contributed by atoms with Crippen molar-refractivity contribution in [3.63, 3.8) is 0 Å². The standard InChI is InChI=1S/C29H45ClN8O2/c1-7-20(3)24(8-2)27(30)33-28(21(4)29(39)34-35-31)32-25-10-9-23(19-26(25)40-6)37-13-11-22(12-14-37)38-17-15-36(5)16-18-38/h9-10,19,22,32H,7-8,11-18H2,1-6H3,(H2,31,34,39)/b24-20+,28-21+,33-27-. The van der Waals surface area contributed by atoms with Gasteiger partial charge in [0.2, 0.25) is 0 Å². The van der Waals surface area contributed by atoms with Crippen LogP contribution in [0.25, 0.3) is 0 Å². The summed E-state index contributed by atoms with van der Waals surface area (Å²) in [5.74, 6) is 0.357. The van der Waals surface area contributed by atoms with E-state index in [1.807, 2.05) is 26.0 Å². The van der Waals surface area contributed by atoms with E-state index in [2.05, 4.69) is 55.7 Å². The quantitative estimate of drug-likeness (QED) is 0.142. The fourth-order valence-corrected chi connectivity index (χ4v) is 5.61. The Morgan fingerprint density at radius 1 is 1.10 bits per heavy atom. The summed E-state index contributed by atoms with van der Waals surface area (Å²) >= 11 is 6.66. The number of nitrogens with zero attached hydrogens (tertiary/aromatic N) is 5. The molecule has 0 bridgehead atoms. The number of halogens is 1. The third-order valence-corrected chi connectivity index (χ3v) is 8.35. The summed E-state index contributed by atoms with van der Waals surface area (Å²) in [5.41, 5.74) is 13.3. The van der Waals surface area contributed by atoms with Crippen LogP contribution in [0.2, 0.25) is 0 Å². The highest BCUT2D eigenvalue weighted by Crippen LogP contribution is 2.33. The number of methoxy groups -OCH3 is 1. The summed E-state index contributed by atoms with van der Waals surface area (Å²) in [6, 6.07) is 6.68. The predicted octanol–water partition coefficient (Wildman–Crippen LogP) is 5.39. The molecular weight excluding hydrogens is 528 g/mol. The van der Waals surface area contributed by atoms with Gasteiger partial charge in [0.05, 0.1) is 18.4 Å². The Bertz CT molecular complexity index is 1130. The van der Waals surface area contributed by atoms with Gasteiger partial charge in [-0.05, 0) is 64.3 Å². The molecule has 0 saturated carbocycles. The largest absolute Gasteiger partial charge is 0.494 e.